The van der Waals surface area contributed by atoms with Crippen LogP contribution in [-0.2, 0) is 4.74 Å². The SMILES string of the molecule is CCCCOc1ccc(-c2c(C#N)c(N)nc3sc(C(=O)OCC)c(N)c23)cc1. The van der Waals surface area contributed by atoms with Gasteiger partial charge in [0.2, 0.25) is 0 Å². The number of benzene rings is 1. The van der Waals surface area contributed by atoms with E-state index in [9.17, 15) is 10.1 Å². The molecule has 29 heavy (non-hydrogen) atoms. The number of hydrogen-bond donors (Lipinski definition) is 2. The van der Waals surface area contributed by atoms with Crippen LogP contribution in [0.5, 0.6) is 5.75 Å². The molecule has 0 atom stereocenters. The van der Waals surface area contributed by atoms with Crippen LogP contribution in [0.3, 0.4) is 0 Å². The molecule has 2 heterocycles. The fourth-order valence-electron chi connectivity index (χ4n) is 2.97. The second-order valence-corrected chi connectivity index (χ2v) is 7.33. The molecular formula is C21H22N4O3S. The lowest BCUT2D eigenvalue weighted by atomic mass is 9.97. The first-order valence-electron chi connectivity index (χ1n) is 9.33. The van der Waals surface area contributed by atoms with Gasteiger partial charge in [0.15, 0.2) is 0 Å². The lowest BCUT2D eigenvalue weighted by Crippen LogP contribution is -2.05. The first-order chi connectivity index (χ1) is 14.0. The number of nitrogens with zero attached hydrogens (tertiary/aromatic N) is 2. The van der Waals surface area contributed by atoms with Gasteiger partial charge in [0.05, 0.1) is 18.9 Å². The second kappa shape index (κ2) is 8.80. The molecule has 3 aromatic rings. The number of hydrogen-bond acceptors (Lipinski definition) is 8. The van der Waals surface area contributed by atoms with E-state index in [-0.39, 0.29) is 28.6 Å². The normalized spacial score (nSPS) is 10.7. The number of esters is 1. The quantitative estimate of drug-likeness (QED) is 0.438. The second-order valence-electron chi connectivity index (χ2n) is 6.33. The number of fused-ring (bicyclic) bond motifs is 1. The van der Waals surface area contributed by atoms with Crippen molar-refractivity contribution in [2.75, 3.05) is 24.7 Å². The van der Waals surface area contributed by atoms with E-state index in [2.05, 4.69) is 18.0 Å². The van der Waals surface area contributed by atoms with E-state index >= 15 is 0 Å². The van der Waals surface area contributed by atoms with Gasteiger partial charge >= 0.3 is 5.97 Å². The van der Waals surface area contributed by atoms with Crippen molar-refractivity contribution in [1.29, 1.82) is 5.26 Å². The molecule has 0 spiro atoms. The Hall–Kier alpha value is -3.31. The van der Waals surface area contributed by atoms with Crippen LogP contribution >= 0.6 is 11.3 Å². The Morgan fingerprint density at radius 3 is 2.59 bits per heavy atom. The number of unbranched alkanes of at least 4 members (excludes halogenated alkanes) is 1. The molecule has 0 aliphatic heterocycles. The zero-order chi connectivity index (χ0) is 21.0. The predicted octanol–water partition coefficient (Wildman–Crippen LogP) is 4.35. The van der Waals surface area contributed by atoms with E-state index in [1.165, 1.54) is 0 Å². The average molecular weight is 410 g/mol. The van der Waals surface area contributed by atoms with Crippen molar-refractivity contribution in [3.8, 4) is 22.9 Å². The maximum absolute atomic E-state index is 12.3. The van der Waals surface area contributed by atoms with Gasteiger partial charge in [0.25, 0.3) is 0 Å². The van der Waals surface area contributed by atoms with Gasteiger partial charge in [-0.3, -0.25) is 0 Å². The smallest absolute Gasteiger partial charge is 0.350 e. The minimum Gasteiger partial charge on any atom is -0.494 e. The molecule has 0 saturated carbocycles. The lowest BCUT2D eigenvalue weighted by molar-refractivity contribution is 0.0533. The Labute approximate surface area is 172 Å². The number of ether oxygens (including phenoxy) is 2. The Bertz CT molecular complexity index is 1080. The number of nitrogen functional groups attached to an aromatic ring is 2. The average Bonchev–Trinajstić information content (AvgIpc) is 3.04. The van der Waals surface area contributed by atoms with E-state index in [0.29, 0.717) is 22.4 Å². The summed E-state index contributed by atoms with van der Waals surface area (Å²) in [6, 6.07) is 9.48. The number of carbonyl (C=O) groups excluding carboxylic acids is 1. The van der Waals surface area contributed by atoms with Gasteiger partial charge in [-0.2, -0.15) is 5.26 Å². The molecule has 0 fully saturated rings. The Balaban J connectivity index is 2.15. The number of aromatic nitrogens is 1. The highest BCUT2D eigenvalue weighted by Gasteiger charge is 2.24. The highest BCUT2D eigenvalue weighted by molar-refractivity contribution is 7.21. The summed E-state index contributed by atoms with van der Waals surface area (Å²) in [5, 5.41) is 10.2. The van der Waals surface area contributed by atoms with Crippen molar-refractivity contribution in [1.82, 2.24) is 4.98 Å². The Kier molecular flexibility index (Phi) is 6.20. The summed E-state index contributed by atoms with van der Waals surface area (Å²) >= 11 is 1.11. The molecular weight excluding hydrogens is 388 g/mol. The first-order valence-corrected chi connectivity index (χ1v) is 10.1. The van der Waals surface area contributed by atoms with Crippen LogP contribution in [0.2, 0.25) is 0 Å². The number of carbonyl (C=O) groups is 1. The third-order valence-corrected chi connectivity index (χ3v) is 5.47. The number of pyridine rings is 1. The molecule has 0 bridgehead atoms. The largest absolute Gasteiger partial charge is 0.494 e. The van der Waals surface area contributed by atoms with Gasteiger partial charge in [0.1, 0.15) is 32.9 Å². The summed E-state index contributed by atoms with van der Waals surface area (Å²) < 4.78 is 10.8. The van der Waals surface area contributed by atoms with Crippen LogP contribution in [0.4, 0.5) is 11.5 Å². The number of nitriles is 1. The van der Waals surface area contributed by atoms with Crippen LogP contribution in [0.15, 0.2) is 24.3 Å². The molecule has 0 radical (unpaired) electrons. The molecule has 4 N–H and O–H groups in total. The van der Waals surface area contributed by atoms with E-state index in [1.807, 2.05) is 24.3 Å². The van der Waals surface area contributed by atoms with Gasteiger partial charge < -0.3 is 20.9 Å². The molecule has 3 rings (SSSR count). The highest BCUT2D eigenvalue weighted by atomic mass is 32.1. The minimum absolute atomic E-state index is 0.0925. The fraction of sp³-hybridized carbons (Fsp3) is 0.286. The molecule has 0 aliphatic rings. The zero-order valence-corrected chi connectivity index (χ0v) is 17.1. The van der Waals surface area contributed by atoms with E-state index in [4.69, 9.17) is 20.9 Å². The molecule has 0 unspecified atom stereocenters. The third kappa shape index (κ3) is 3.96. The van der Waals surface area contributed by atoms with Gasteiger partial charge in [-0.25, -0.2) is 9.78 Å². The zero-order valence-electron chi connectivity index (χ0n) is 16.3. The minimum atomic E-state index is -0.518. The molecule has 7 nitrogen and oxygen atoms in total. The van der Waals surface area contributed by atoms with E-state index < -0.39 is 5.97 Å². The third-order valence-electron chi connectivity index (χ3n) is 4.39. The first kappa shape index (κ1) is 20.4. The molecule has 0 saturated heterocycles. The van der Waals surface area contributed by atoms with Crippen molar-refractivity contribution >= 4 is 39.0 Å². The lowest BCUT2D eigenvalue weighted by Gasteiger charge is -2.11. The predicted molar refractivity (Wildman–Crippen MR) is 115 cm³/mol. The summed E-state index contributed by atoms with van der Waals surface area (Å²) in [6.45, 7) is 4.70. The van der Waals surface area contributed by atoms with Crippen molar-refractivity contribution < 1.29 is 14.3 Å². The monoisotopic (exact) mass is 410 g/mol. The van der Waals surface area contributed by atoms with Crippen LogP contribution < -0.4 is 16.2 Å². The maximum Gasteiger partial charge on any atom is 0.350 e. The molecule has 150 valence electrons. The summed E-state index contributed by atoms with van der Waals surface area (Å²) in [7, 11) is 0. The van der Waals surface area contributed by atoms with Crippen LogP contribution in [0.25, 0.3) is 21.3 Å². The van der Waals surface area contributed by atoms with Gasteiger partial charge in [-0.1, -0.05) is 25.5 Å². The van der Waals surface area contributed by atoms with Crippen molar-refractivity contribution in [2.24, 2.45) is 0 Å². The van der Waals surface area contributed by atoms with Gasteiger partial charge in [-0.05, 0) is 31.0 Å². The van der Waals surface area contributed by atoms with Gasteiger partial charge in [0, 0.05) is 10.9 Å². The Morgan fingerprint density at radius 1 is 1.24 bits per heavy atom. The van der Waals surface area contributed by atoms with Crippen molar-refractivity contribution in [3.63, 3.8) is 0 Å². The van der Waals surface area contributed by atoms with Crippen LogP contribution in [-0.4, -0.2) is 24.2 Å². The number of anilines is 2. The summed E-state index contributed by atoms with van der Waals surface area (Å²) in [6.07, 6.45) is 2.03. The van der Waals surface area contributed by atoms with Crippen molar-refractivity contribution in [2.45, 2.75) is 26.7 Å². The number of rotatable bonds is 7. The van der Waals surface area contributed by atoms with Crippen LogP contribution in [0.1, 0.15) is 41.9 Å². The number of thiophene rings is 1. The molecule has 0 aliphatic carbocycles. The Morgan fingerprint density at radius 2 is 1.97 bits per heavy atom. The summed E-state index contributed by atoms with van der Waals surface area (Å²) in [5.41, 5.74) is 14.1. The molecule has 2 aromatic heterocycles. The summed E-state index contributed by atoms with van der Waals surface area (Å²) in [4.78, 5) is 17.3. The standard InChI is InChI=1S/C21H22N4O3S/c1-3-5-10-28-13-8-6-12(7-9-13)15-14(11-22)19(24)25-20-16(15)17(23)18(29-20)21(26)27-4-2/h6-9H,3-5,10,23H2,1-2H3,(H2,24,25). The fourth-order valence-corrected chi connectivity index (χ4v) is 3.98. The van der Waals surface area contributed by atoms with Crippen LogP contribution in [0, 0.1) is 11.3 Å². The molecule has 1 aromatic carbocycles. The summed E-state index contributed by atoms with van der Waals surface area (Å²) in [5.74, 6) is 0.315. The van der Waals surface area contributed by atoms with E-state index in [1.54, 1.807) is 6.92 Å². The van der Waals surface area contributed by atoms with Crippen molar-refractivity contribution in [3.05, 3.63) is 34.7 Å². The highest BCUT2D eigenvalue weighted by Crippen LogP contribution is 2.43. The maximum atomic E-state index is 12.3. The van der Waals surface area contributed by atoms with Gasteiger partial charge in [-0.15, -0.1) is 11.3 Å². The topological polar surface area (TPSA) is 124 Å². The number of nitrogens with two attached hydrogens (primary N) is 2. The van der Waals surface area contributed by atoms with E-state index in [0.717, 1.165) is 35.5 Å². The molecule has 0 amide bonds. The molecule has 8 heteroatoms.